The molecule has 3 rings (SSSR count). The molecule has 0 aliphatic carbocycles. The molecule has 1 aliphatic rings. The molecular formula is C10H11N3O. The number of hydrogen-bond acceptors (Lipinski definition) is 3. The zero-order chi connectivity index (χ0) is 9.54. The first-order chi connectivity index (χ1) is 6.83. The molecule has 1 N–H and O–H groups in total. The van der Waals surface area contributed by atoms with Crippen molar-refractivity contribution in [1.82, 2.24) is 9.38 Å². The molecule has 3 heterocycles. The third-order valence-electron chi connectivity index (χ3n) is 2.61. The van der Waals surface area contributed by atoms with Crippen molar-refractivity contribution in [2.24, 2.45) is 0 Å². The van der Waals surface area contributed by atoms with Crippen LogP contribution in [0.15, 0.2) is 30.7 Å². The number of aromatic nitrogens is 2. The minimum Gasteiger partial charge on any atom is -0.389 e. The molecule has 4 nitrogen and oxygen atoms in total. The number of rotatable bonds is 1. The van der Waals surface area contributed by atoms with Crippen molar-refractivity contribution < 1.29 is 5.11 Å². The Morgan fingerprint density at radius 2 is 2.21 bits per heavy atom. The van der Waals surface area contributed by atoms with Gasteiger partial charge in [0.05, 0.1) is 6.10 Å². The van der Waals surface area contributed by atoms with Gasteiger partial charge in [-0.15, -0.1) is 0 Å². The van der Waals surface area contributed by atoms with Crippen LogP contribution < -0.4 is 4.90 Å². The van der Waals surface area contributed by atoms with Gasteiger partial charge in [-0.05, 0) is 6.07 Å². The molecule has 0 amide bonds. The van der Waals surface area contributed by atoms with E-state index in [1.165, 1.54) is 0 Å². The summed E-state index contributed by atoms with van der Waals surface area (Å²) in [5.74, 6) is 0. The van der Waals surface area contributed by atoms with Crippen LogP contribution in [0.2, 0.25) is 0 Å². The lowest BCUT2D eigenvalue weighted by atomic mass is 10.1. The molecule has 0 spiro atoms. The molecule has 0 saturated carbocycles. The first-order valence-electron chi connectivity index (χ1n) is 4.69. The summed E-state index contributed by atoms with van der Waals surface area (Å²) in [5, 5.41) is 9.19. The Morgan fingerprint density at radius 1 is 1.36 bits per heavy atom. The Morgan fingerprint density at radius 3 is 3.00 bits per heavy atom. The highest BCUT2D eigenvalue weighted by Gasteiger charge is 2.24. The van der Waals surface area contributed by atoms with Gasteiger partial charge in [-0.2, -0.15) is 0 Å². The van der Waals surface area contributed by atoms with Crippen molar-refractivity contribution in [3.8, 4) is 0 Å². The van der Waals surface area contributed by atoms with E-state index in [0.717, 1.165) is 24.4 Å². The average molecular weight is 189 g/mol. The largest absolute Gasteiger partial charge is 0.389 e. The third-order valence-corrected chi connectivity index (χ3v) is 2.61. The number of nitrogens with zero attached hydrogens (tertiary/aromatic N) is 3. The van der Waals surface area contributed by atoms with E-state index < -0.39 is 0 Å². The van der Waals surface area contributed by atoms with Gasteiger partial charge in [-0.25, -0.2) is 4.98 Å². The molecule has 14 heavy (non-hydrogen) atoms. The summed E-state index contributed by atoms with van der Waals surface area (Å²) in [6.07, 6.45) is 5.53. The molecule has 2 aromatic heterocycles. The van der Waals surface area contributed by atoms with Crippen LogP contribution >= 0.6 is 0 Å². The van der Waals surface area contributed by atoms with Crippen molar-refractivity contribution in [2.75, 3.05) is 18.0 Å². The molecule has 2 aromatic rings. The number of β-amino-alcohol motifs (C(OH)–C–C–N with tert-alkyl or cyclic N) is 1. The molecular weight excluding hydrogens is 178 g/mol. The molecule has 0 atom stereocenters. The zero-order valence-electron chi connectivity index (χ0n) is 7.67. The second-order valence-corrected chi connectivity index (χ2v) is 3.64. The van der Waals surface area contributed by atoms with Crippen LogP contribution in [0.25, 0.3) is 5.65 Å². The maximum absolute atomic E-state index is 9.19. The fourth-order valence-electron chi connectivity index (χ4n) is 1.76. The predicted octanol–water partition coefficient (Wildman–Crippen LogP) is 0.515. The first-order valence-corrected chi connectivity index (χ1v) is 4.69. The van der Waals surface area contributed by atoms with Gasteiger partial charge in [-0.1, -0.05) is 0 Å². The van der Waals surface area contributed by atoms with Crippen LogP contribution in [-0.2, 0) is 0 Å². The van der Waals surface area contributed by atoms with E-state index in [4.69, 9.17) is 0 Å². The topological polar surface area (TPSA) is 40.8 Å². The van der Waals surface area contributed by atoms with E-state index in [1.807, 2.05) is 28.9 Å². The fourth-order valence-corrected chi connectivity index (χ4v) is 1.76. The van der Waals surface area contributed by atoms with Crippen LogP contribution in [0, 0.1) is 0 Å². The van der Waals surface area contributed by atoms with Gasteiger partial charge in [0, 0.05) is 43.4 Å². The Labute approximate surface area is 81.4 Å². The van der Waals surface area contributed by atoms with E-state index in [-0.39, 0.29) is 6.10 Å². The number of hydrogen-bond donors (Lipinski definition) is 1. The number of fused-ring (bicyclic) bond motifs is 1. The van der Waals surface area contributed by atoms with E-state index in [0.29, 0.717) is 0 Å². The lowest BCUT2D eigenvalue weighted by Crippen LogP contribution is -2.50. The maximum atomic E-state index is 9.19. The predicted molar refractivity (Wildman–Crippen MR) is 53.4 cm³/mol. The summed E-state index contributed by atoms with van der Waals surface area (Å²) >= 11 is 0. The van der Waals surface area contributed by atoms with Gasteiger partial charge < -0.3 is 14.4 Å². The van der Waals surface area contributed by atoms with Gasteiger partial charge in [0.1, 0.15) is 5.65 Å². The third kappa shape index (κ3) is 1.08. The van der Waals surface area contributed by atoms with Crippen molar-refractivity contribution in [1.29, 1.82) is 0 Å². The monoisotopic (exact) mass is 189 g/mol. The Kier molecular flexibility index (Phi) is 1.52. The van der Waals surface area contributed by atoms with Gasteiger partial charge in [-0.3, -0.25) is 0 Å². The second-order valence-electron chi connectivity index (χ2n) is 3.64. The minimum absolute atomic E-state index is 0.161. The quantitative estimate of drug-likeness (QED) is 0.710. The van der Waals surface area contributed by atoms with E-state index >= 15 is 0 Å². The molecule has 0 bridgehead atoms. The highest BCUT2D eigenvalue weighted by atomic mass is 16.3. The van der Waals surface area contributed by atoms with Gasteiger partial charge in [0.2, 0.25) is 0 Å². The standard InChI is InChI=1S/C10H11N3O/c14-9-6-13(7-9)8-1-3-12-4-2-11-10(12)5-8/h1-5,9,14H,6-7H2. The van der Waals surface area contributed by atoms with Gasteiger partial charge >= 0.3 is 0 Å². The van der Waals surface area contributed by atoms with Crippen molar-refractivity contribution >= 4 is 11.3 Å². The highest BCUT2D eigenvalue weighted by molar-refractivity contribution is 5.57. The highest BCUT2D eigenvalue weighted by Crippen LogP contribution is 2.21. The lowest BCUT2D eigenvalue weighted by Gasteiger charge is -2.37. The van der Waals surface area contributed by atoms with Crippen molar-refractivity contribution in [3.05, 3.63) is 30.7 Å². The number of aliphatic hydroxyl groups is 1. The van der Waals surface area contributed by atoms with E-state index in [2.05, 4.69) is 9.88 Å². The van der Waals surface area contributed by atoms with Crippen LogP contribution in [-0.4, -0.2) is 33.7 Å². The second kappa shape index (κ2) is 2.72. The molecule has 0 radical (unpaired) electrons. The fraction of sp³-hybridized carbons (Fsp3) is 0.300. The smallest absolute Gasteiger partial charge is 0.138 e. The average Bonchev–Trinajstić information content (AvgIpc) is 2.59. The molecule has 72 valence electrons. The number of aliphatic hydroxyl groups excluding tert-OH is 1. The molecule has 1 saturated heterocycles. The summed E-state index contributed by atoms with van der Waals surface area (Å²) in [4.78, 5) is 6.35. The van der Waals surface area contributed by atoms with Crippen molar-refractivity contribution in [2.45, 2.75) is 6.10 Å². The number of pyridine rings is 1. The Hall–Kier alpha value is -1.55. The van der Waals surface area contributed by atoms with Gasteiger partial charge in [0.25, 0.3) is 0 Å². The Bertz CT molecular complexity index is 459. The summed E-state index contributed by atoms with van der Waals surface area (Å²) in [5.41, 5.74) is 2.08. The van der Waals surface area contributed by atoms with E-state index in [9.17, 15) is 5.11 Å². The molecule has 0 unspecified atom stereocenters. The van der Waals surface area contributed by atoms with Crippen LogP contribution in [0.3, 0.4) is 0 Å². The zero-order valence-corrected chi connectivity index (χ0v) is 7.67. The lowest BCUT2D eigenvalue weighted by molar-refractivity contribution is 0.142. The summed E-state index contributed by atoms with van der Waals surface area (Å²) < 4.78 is 1.97. The molecule has 1 aliphatic heterocycles. The molecule has 4 heteroatoms. The van der Waals surface area contributed by atoms with E-state index in [1.54, 1.807) is 6.20 Å². The minimum atomic E-state index is -0.161. The summed E-state index contributed by atoms with van der Waals surface area (Å²) in [6.45, 7) is 1.47. The normalized spacial score (nSPS) is 17.4. The maximum Gasteiger partial charge on any atom is 0.138 e. The SMILES string of the molecule is OC1CN(c2ccn3ccnc3c2)C1. The van der Waals surface area contributed by atoms with Crippen LogP contribution in [0.4, 0.5) is 5.69 Å². The number of anilines is 1. The Balaban J connectivity index is 1.97. The number of imidazole rings is 1. The first kappa shape index (κ1) is 7.82. The van der Waals surface area contributed by atoms with Crippen LogP contribution in [0.5, 0.6) is 0 Å². The van der Waals surface area contributed by atoms with Crippen molar-refractivity contribution in [3.63, 3.8) is 0 Å². The van der Waals surface area contributed by atoms with Gasteiger partial charge in [0.15, 0.2) is 0 Å². The molecule has 1 fully saturated rings. The summed E-state index contributed by atoms with van der Waals surface area (Å²) in [7, 11) is 0. The summed E-state index contributed by atoms with van der Waals surface area (Å²) in [6, 6.07) is 4.08. The van der Waals surface area contributed by atoms with Crippen LogP contribution in [0.1, 0.15) is 0 Å². The molecule has 0 aromatic carbocycles.